The van der Waals surface area contributed by atoms with Gasteiger partial charge in [0.2, 0.25) is 5.91 Å². The minimum atomic E-state index is -4.20. The molecule has 0 atom stereocenters. The molecule has 0 heterocycles. The summed E-state index contributed by atoms with van der Waals surface area (Å²) in [6.45, 7) is -0.316. The van der Waals surface area contributed by atoms with Gasteiger partial charge in [-0.25, -0.2) is 0 Å². The molecule has 90 valence electrons. The van der Waals surface area contributed by atoms with Crippen LogP contribution in [0.5, 0.6) is 0 Å². The highest BCUT2D eigenvalue weighted by molar-refractivity contribution is 7.86. The second kappa shape index (κ2) is 5.39. The fourth-order valence-electron chi connectivity index (χ4n) is 0.629. The summed E-state index contributed by atoms with van der Waals surface area (Å²) in [6.07, 6.45) is -0.468. The Hall–Kier alpha value is -0.710. The summed E-state index contributed by atoms with van der Waals surface area (Å²) in [4.78, 5) is 10.8. The lowest BCUT2D eigenvalue weighted by molar-refractivity contribution is -0.120. The standard InChI is InChI=1S/C5H11NO7S2/c7-5(1-3-14(8,9)10)6-2-4-15(11,12)13/h1-4H2,(H,6,7)(H,8,9,10)(H,11,12,13). The van der Waals surface area contributed by atoms with E-state index < -0.39 is 44.1 Å². The molecule has 0 aromatic rings. The van der Waals surface area contributed by atoms with Crippen molar-refractivity contribution in [1.29, 1.82) is 0 Å². The van der Waals surface area contributed by atoms with Gasteiger partial charge >= 0.3 is 0 Å². The zero-order valence-electron chi connectivity index (χ0n) is 7.58. The SMILES string of the molecule is O=C(CCS(=O)(=O)O)NCCS(=O)(=O)O. The monoisotopic (exact) mass is 261 g/mol. The highest BCUT2D eigenvalue weighted by atomic mass is 32.2. The lowest BCUT2D eigenvalue weighted by Crippen LogP contribution is -2.30. The maximum atomic E-state index is 10.8. The largest absolute Gasteiger partial charge is 0.355 e. The molecule has 0 saturated carbocycles. The van der Waals surface area contributed by atoms with E-state index in [1.807, 2.05) is 0 Å². The van der Waals surface area contributed by atoms with Gasteiger partial charge in [-0.2, -0.15) is 16.8 Å². The van der Waals surface area contributed by atoms with Gasteiger partial charge in [-0.15, -0.1) is 0 Å². The van der Waals surface area contributed by atoms with Gasteiger partial charge in [0, 0.05) is 13.0 Å². The Morgan fingerprint density at radius 1 is 1.00 bits per heavy atom. The van der Waals surface area contributed by atoms with Crippen LogP contribution in [-0.2, 0) is 25.0 Å². The lowest BCUT2D eigenvalue weighted by Gasteiger charge is -2.02. The number of carbonyl (C=O) groups is 1. The number of rotatable bonds is 6. The first-order valence-corrected chi connectivity index (χ1v) is 6.99. The first-order chi connectivity index (χ1) is 6.60. The molecule has 3 N–H and O–H groups in total. The fourth-order valence-corrected chi connectivity index (χ4v) is 1.43. The van der Waals surface area contributed by atoms with Gasteiger partial charge in [-0.3, -0.25) is 13.9 Å². The first kappa shape index (κ1) is 14.3. The molecule has 0 aliphatic heterocycles. The summed E-state index contributed by atoms with van der Waals surface area (Å²) < 4.78 is 57.4. The molecule has 0 unspecified atom stereocenters. The van der Waals surface area contributed by atoms with Crippen LogP contribution in [-0.4, -0.2) is 49.9 Å². The maximum absolute atomic E-state index is 10.8. The van der Waals surface area contributed by atoms with E-state index in [2.05, 4.69) is 5.32 Å². The van der Waals surface area contributed by atoms with E-state index in [0.717, 1.165) is 0 Å². The van der Waals surface area contributed by atoms with Crippen molar-refractivity contribution in [3.8, 4) is 0 Å². The zero-order valence-corrected chi connectivity index (χ0v) is 9.21. The molecule has 0 aromatic carbocycles. The summed E-state index contributed by atoms with van der Waals surface area (Å²) in [5.74, 6) is -2.11. The van der Waals surface area contributed by atoms with Crippen molar-refractivity contribution in [3.05, 3.63) is 0 Å². The van der Waals surface area contributed by atoms with E-state index in [9.17, 15) is 21.6 Å². The Morgan fingerprint density at radius 3 is 1.87 bits per heavy atom. The van der Waals surface area contributed by atoms with Crippen molar-refractivity contribution in [2.75, 3.05) is 18.1 Å². The first-order valence-electron chi connectivity index (χ1n) is 3.77. The zero-order chi connectivity index (χ0) is 12.1. The molecule has 0 radical (unpaired) electrons. The third-order valence-electron chi connectivity index (χ3n) is 1.27. The average Bonchev–Trinajstić information content (AvgIpc) is 1.97. The van der Waals surface area contributed by atoms with Crippen LogP contribution in [0.1, 0.15) is 6.42 Å². The second-order valence-corrected chi connectivity index (χ2v) is 5.82. The van der Waals surface area contributed by atoms with E-state index in [1.165, 1.54) is 0 Å². The van der Waals surface area contributed by atoms with Gasteiger partial charge in [0.25, 0.3) is 20.2 Å². The van der Waals surface area contributed by atoms with Crippen LogP contribution in [0.15, 0.2) is 0 Å². The second-order valence-electron chi connectivity index (χ2n) is 2.67. The van der Waals surface area contributed by atoms with Gasteiger partial charge < -0.3 is 5.32 Å². The quantitative estimate of drug-likeness (QED) is 0.483. The highest BCUT2D eigenvalue weighted by Crippen LogP contribution is 1.88. The molecular weight excluding hydrogens is 250 g/mol. The molecule has 0 spiro atoms. The molecule has 0 aliphatic rings. The van der Waals surface area contributed by atoms with Crippen LogP contribution >= 0.6 is 0 Å². The number of hydrogen-bond donors (Lipinski definition) is 3. The number of nitrogens with one attached hydrogen (secondary N) is 1. The number of carbonyl (C=O) groups excluding carboxylic acids is 1. The van der Waals surface area contributed by atoms with Crippen LogP contribution in [0, 0.1) is 0 Å². The summed E-state index contributed by atoms with van der Waals surface area (Å²) in [5.41, 5.74) is 0. The van der Waals surface area contributed by atoms with Gasteiger partial charge in [0.15, 0.2) is 0 Å². The predicted molar refractivity (Wildman–Crippen MR) is 50.5 cm³/mol. The topological polar surface area (TPSA) is 138 Å². The predicted octanol–water partition coefficient (Wildman–Crippen LogP) is -1.73. The van der Waals surface area contributed by atoms with E-state index in [4.69, 9.17) is 9.11 Å². The Morgan fingerprint density at radius 2 is 1.47 bits per heavy atom. The molecule has 1 amide bonds. The van der Waals surface area contributed by atoms with E-state index in [1.54, 1.807) is 0 Å². The van der Waals surface area contributed by atoms with Gasteiger partial charge in [0.05, 0.1) is 11.5 Å². The van der Waals surface area contributed by atoms with Crippen LogP contribution in [0.4, 0.5) is 0 Å². The minimum Gasteiger partial charge on any atom is -0.355 e. The van der Waals surface area contributed by atoms with Crippen molar-refractivity contribution < 1.29 is 30.7 Å². The van der Waals surface area contributed by atoms with E-state index in [0.29, 0.717) is 0 Å². The molecule has 0 fully saturated rings. The lowest BCUT2D eigenvalue weighted by atomic mass is 10.4. The van der Waals surface area contributed by atoms with E-state index in [-0.39, 0.29) is 6.54 Å². The summed E-state index contributed by atoms with van der Waals surface area (Å²) in [7, 11) is -8.35. The Labute approximate surface area is 87.2 Å². The van der Waals surface area contributed by atoms with Crippen LogP contribution < -0.4 is 5.32 Å². The highest BCUT2D eigenvalue weighted by Gasteiger charge is 2.10. The third-order valence-corrected chi connectivity index (χ3v) is 2.71. The third kappa shape index (κ3) is 11.2. The van der Waals surface area contributed by atoms with Gasteiger partial charge in [-0.1, -0.05) is 0 Å². The average molecular weight is 261 g/mol. The molecule has 0 aliphatic carbocycles. The number of amides is 1. The Bertz CT molecular complexity index is 409. The summed E-state index contributed by atoms with van der Waals surface area (Å²) in [6, 6.07) is 0. The molecule has 8 nitrogen and oxygen atoms in total. The number of hydrogen-bond acceptors (Lipinski definition) is 5. The van der Waals surface area contributed by atoms with Crippen LogP contribution in [0.25, 0.3) is 0 Å². The van der Waals surface area contributed by atoms with Crippen molar-refractivity contribution in [1.82, 2.24) is 5.32 Å². The molecular formula is C5H11NO7S2. The van der Waals surface area contributed by atoms with Gasteiger partial charge in [-0.05, 0) is 0 Å². The smallest absolute Gasteiger partial charge is 0.266 e. The minimum absolute atomic E-state index is 0.316. The Kier molecular flexibility index (Phi) is 5.14. The van der Waals surface area contributed by atoms with E-state index >= 15 is 0 Å². The fraction of sp³-hybridized carbons (Fsp3) is 0.800. The van der Waals surface area contributed by atoms with Crippen molar-refractivity contribution in [2.45, 2.75) is 6.42 Å². The summed E-state index contributed by atoms with van der Waals surface area (Å²) >= 11 is 0. The maximum Gasteiger partial charge on any atom is 0.266 e. The van der Waals surface area contributed by atoms with Crippen LogP contribution in [0.3, 0.4) is 0 Å². The molecule has 0 rings (SSSR count). The van der Waals surface area contributed by atoms with Crippen molar-refractivity contribution >= 4 is 26.1 Å². The summed E-state index contributed by atoms with van der Waals surface area (Å²) in [5, 5.41) is 2.06. The molecule has 0 aromatic heterocycles. The molecule has 15 heavy (non-hydrogen) atoms. The molecule has 10 heteroatoms. The van der Waals surface area contributed by atoms with Crippen molar-refractivity contribution in [2.24, 2.45) is 0 Å². The van der Waals surface area contributed by atoms with Crippen LogP contribution in [0.2, 0.25) is 0 Å². The normalized spacial score (nSPS) is 12.4. The molecule has 0 bridgehead atoms. The Balaban J connectivity index is 3.78. The van der Waals surface area contributed by atoms with Crippen molar-refractivity contribution in [3.63, 3.8) is 0 Å². The molecule has 0 saturated heterocycles. The van der Waals surface area contributed by atoms with Gasteiger partial charge in [0.1, 0.15) is 0 Å².